The van der Waals surface area contributed by atoms with Crippen molar-refractivity contribution in [3.63, 3.8) is 0 Å². The first kappa shape index (κ1) is 16.5. The van der Waals surface area contributed by atoms with E-state index in [-0.39, 0.29) is 12.4 Å². The first-order chi connectivity index (χ1) is 13.2. The summed E-state index contributed by atoms with van der Waals surface area (Å²) in [6, 6.07) is 13.4. The van der Waals surface area contributed by atoms with E-state index in [4.69, 9.17) is 21.1 Å². The number of aromatic amines is 1. The van der Waals surface area contributed by atoms with Crippen molar-refractivity contribution >= 4 is 11.6 Å². The normalized spacial score (nSPS) is 15.7. The second-order valence-corrected chi connectivity index (χ2v) is 7.27. The number of aromatic nitrogens is 2. The maximum absolute atomic E-state index is 13.0. The fourth-order valence-corrected chi connectivity index (χ4v) is 3.77. The Balaban J connectivity index is 1.41. The van der Waals surface area contributed by atoms with Crippen LogP contribution in [0.15, 0.2) is 47.3 Å². The number of hydrogen-bond acceptors (Lipinski definition) is 4. The number of halogens is 1. The van der Waals surface area contributed by atoms with E-state index in [0.717, 1.165) is 41.5 Å². The predicted molar refractivity (Wildman–Crippen MR) is 102 cm³/mol. The molecule has 0 unspecified atom stereocenters. The smallest absolute Gasteiger partial charge is 0.275 e. The number of nitrogens with zero attached hydrogens (tertiary/aromatic N) is 2. The van der Waals surface area contributed by atoms with Gasteiger partial charge in [0.05, 0.1) is 11.3 Å². The van der Waals surface area contributed by atoms with Crippen molar-refractivity contribution in [2.45, 2.75) is 19.5 Å². The first-order valence-corrected chi connectivity index (χ1v) is 9.25. The van der Waals surface area contributed by atoms with Gasteiger partial charge in [-0.1, -0.05) is 23.7 Å². The second-order valence-electron chi connectivity index (χ2n) is 6.83. The van der Waals surface area contributed by atoms with Gasteiger partial charge in [-0.25, -0.2) is 4.68 Å². The van der Waals surface area contributed by atoms with Gasteiger partial charge in [-0.2, -0.15) is 0 Å². The molecule has 7 heteroatoms. The Morgan fingerprint density at radius 2 is 1.89 bits per heavy atom. The topological polar surface area (TPSA) is 59.5 Å². The molecule has 3 heterocycles. The highest BCUT2D eigenvalue weighted by molar-refractivity contribution is 6.30. The molecule has 0 aliphatic carbocycles. The van der Waals surface area contributed by atoms with E-state index >= 15 is 0 Å². The maximum Gasteiger partial charge on any atom is 0.275 e. The Morgan fingerprint density at radius 1 is 1.07 bits per heavy atom. The van der Waals surface area contributed by atoms with Gasteiger partial charge < -0.3 is 9.47 Å². The molecule has 0 bridgehead atoms. The maximum atomic E-state index is 13.0. The Bertz CT molecular complexity index is 1060. The van der Waals surface area contributed by atoms with Crippen molar-refractivity contribution in [1.29, 1.82) is 0 Å². The van der Waals surface area contributed by atoms with Crippen molar-refractivity contribution in [2.24, 2.45) is 0 Å². The van der Waals surface area contributed by atoms with Gasteiger partial charge in [-0.05, 0) is 29.8 Å². The van der Waals surface area contributed by atoms with Crippen molar-refractivity contribution in [1.82, 2.24) is 14.7 Å². The van der Waals surface area contributed by atoms with Crippen molar-refractivity contribution < 1.29 is 9.47 Å². The van der Waals surface area contributed by atoms with E-state index in [1.54, 1.807) is 4.68 Å². The van der Waals surface area contributed by atoms with Crippen LogP contribution < -0.4 is 15.0 Å². The van der Waals surface area contributed by atoms with Gasteiger partial charge in [0.2, 0.25) is 6.79 Å². The van der Waals surface area contributed by atoms with Gasteiger partial charge in [0.15, 0.2) is 11.5 Å². The Hall–Kier alpha value is -2.70. The van der Waals surface area contributed by atoms with Crippen LogP contribution in [0.1, 0.15) is 16.8 Å². The third-order valence-electron chi connectivity index (χ3n) is 5.07. The fraction of sp³-hybridized carbons (Fsp3) is 0.250. The van der Waals surface area contributed by atoms with Crippen LogP contribution in [0.2, 0.25) is 5.02 Å². The highest BCUT2D eigenvalue weighted by Gasteiger charge is 2.24. The van der Waals surface area contributed by atoms with Gasteiger partial charge in [0.25, 0.3) is 5.56 Å². The lowest BCUT2D eigenvalue weighted by atomic mass is 10.1. The van der Waals surface area contributed by atoms with Gasteiger partial charge in [-0.3, -0.25) is 14.8 Å². The fourth-order valence-electron chi connectivity index (χ4n) is 3.65. The summed E-state index contributed by atoms with van der Waals surface area (Å²) in [5, 5.41) is 4.00. The summed E-state index contributed by atoms with van der Waals surface area (Å²) in [7, 11) is 0. The molecule has 5 rings (SSSR count). The number of nitrogens with one attached hydrogen (secondary N) is 1. The summed E-state index contributed by atoms with van der Waals surface area (Å²) in [6.07, 6.45) is 0.815. The number of hydrogen-bond donors (Lipinski definition) is 1. The summed E-state index contributed by atoms with van der Waals surface area (Å²) in [4.78, 5) is 15.3. The molecule has 1 aromatic heterocycles. The average molecular weight is 384 g/mol. The largest absolute Gasteiger partial charge is 0.454 e. The number of rotatable bonds is 3. The highest BCUT2D eigenvalue weighted by atomic mass is 35.5. The van der Waals surface area contributed by atoms with Crippen molar-refractivity contribution in [3.8, 4) is 17.2 Å². The minimum atomic E-state index is -0.00956. The van der Waals surface area contributed by atoms with Crippen LogP contribution in [0, 0.1) is 0 Å². The number of H-pyrrole nitrogens is 1. The molecule has 0 fully saturated rings. The van der Waals surface area contributed by atoms with Crippen LogP contribution in [-0.4, -0.2) is 28.0 Å². The van der Waals surface area contributed by atoms with Crippen LogP contribution in [0.25, 0.3) is 5.69 Å². The molecule has 27 heavy (non-hydrogen) atoms. The summed E-state index contributed by atoms with van der Waals surface area (Å²) in [5.74, 6) is 1.37. The average Bonchev–Trinajstić information content (AvgIpc) is 3.28. The number of ether oxygens (including phenoxy) is 2. The van der Waals surface area contributed by atoms with Gasteiger partial charge in [0, 0.05) is 42.8 Å². The molecule has 0 amide bonds. The molecule has 0 saturated heterocycles. The molecule has 0 saturated carbocycles. The van der Waals surface area contributed by atoms with Crippen LogP contribution in [0.4, 0.5) is 0 Å². The van der Waals surface area contributed by atoms with Crippen molar-refractivity contribution in [3.05, 3.63) is 74.7 Å². The molecule has 0 radical (unpaired) electrons. The molecular formula is C20H18ClN3O3. The molecular weight excluding hydrogens is 366 g/mol. The molecule has 0 spiro atoms. The van der Waals surface area contributed by atoms with Crippen LogP contribution in [-0.2, 0) is 19.5 Å². The summed E-state index contributed by atoms with van der Waals surface area (Å²) >= 11 is 5.96. The SMILES string of the molecule is O=c1c2c([nH]n1-c1ccc3c(c1)OCO3)CCN(Cc1ccc(Cl)cc1)C2. The Morgan fingerprint density at radius 3 is 2.74 bits per heavy atom. The monoisotopic (exact) mass is 383 g/mol. The summed E-state index contributed by atoms with van der Waals surface area (Å²) < 4.78 is 12.4. The zero-order valence-electron chi connectivity index (χ0n) is 14.6. The van der Waals surface area contributed by atoms with Crippen LogP contribution >= 0.6 is 11.6 Å². The van der Waals surface area contributed by atoms with E-state index in [1.165, 1.54) is 5.56 Å². The molecule has 1 N–H and O–H groups in total. The Labute approximate surface area is 160 Å². The third kappa shape index (κ3) is 3.01. The van der Waals surface area contributed by atoms with E-state index in [0.29, 0.717) is 18.0 Å². The molecule has 3 aromatic rings. The van der Waals surface area contributed by atoms with Gasteiger partial charge in [0.1, 0.15) is 0 Å². The lowest BCUT2D eigenvalue weighted by Gasteiger charge is -2.25. The lowest BCUT2D eigenvalue weighted by Crippen LogP contribution is -2.32. The molecule has 138 valence electrons. The molecule has 6 nitrogen and oxygen atoms in total. The number of fused-ring (bicyclic) bond motifs is 2. The minimum Gasteiger partial charge on any atom is -0.454 e. The standard InChI is InChI=1S/C20H18ClN3O3/c21-14-3-1-13(2-4-14)10-23-8-7-17-16(11-23)20(25)24(22-17)15-5-6-18-19(9-15)27-12-26-18/h1-6,9,22H,7-8,10-12H2. The zero-order valence-corrected chi connectivity index (χ0v) is 15.3. The third-order valence-corrected chi connectivity index (χ3v) is 5.32. The quantitative estimate of drug-likeness (QED) is 0.755. The van der Waals surface area contributed by atoms with E-state index in [2.05, 4.69) is 10.00 Å². The lowest BCUT2D eigenvalue weighted by molar-refractivity contribution is 0.174. The highest BCUT2D eigenvalue weighted by Crippen LogP contribution is 2.33. The van der Waals surface area contributed by atoms with Crippen molar-refractivity contribution in [2.75, 3.05) is 13.3 Å². The first-order valence-electron chi connectivity index (χ1n) is 8.87. The number of benzene rings is 2. The Kier molecular flexibility index (Phi) is 3.95. The second kappa shape index (κ2) is 6.48. The minimum absolute atomic E-state index is 0.00956. The molecule has 0 atom stereocenters. The molecule has 2 aliphatic rings. The zero-order chi connectivity index (χ0) is 18.4. The summed E-state index contributed by atoms with van der Waals surface area (Å²) in [6.45, 7) is 2.54. The van der Waals surface area contributed by atoms with E-state index in [1.807, 2.05) is 42.5 Å². The van der Waals surface area contributed by atoms with E-state index < -0.39 is 0 Å². The van der Waals surface area contributed by atoms with Gasteiger partial charge in [-0.15, -0.1) is 0 Å². The predicted octanol–water partition coefficient (Wildman–Crippen LogP) is 3.11. The van der Waals surface area contributed by atoms with Crippen LogP contribution in [0.5, 0.6) is 11.5 Å². The van der Waals surface area contributed by atoms with Gasteiger partial charge >= 0.3 is 0 Å². The summed E-state index contributed by atoms with van der Waals surface area (Å²) in [5.41, 5.74) is 3.76. The van der Waals surface area contributed by atoms with Crippen LogP contribution in [0.3, 0.4) is 0 Å². The molecule has 2 aromatic carbocycles. The molecule has 2 aliphatic heterocycles. The van der Waals surface area contributed by atoms with E-state index in [9.17, 15) is 4.79 Å².